The Bertz CT molecular complexity index is 482. The van der Waals surface area contributed by atoms with Crippen LogP contribution in [0.25, 0.3) is 0 Å². The molecular formula is C15H22N2O3. The second kappa shape index (κ2) is 6.13. The number of aromatic hydroxyl groups is 1. The molecule has 1 aliphatic heterocycles. The zero-order chi connectivity index (χ0) is 14.6. The standard InChI is InChI=1S/C15H22N2O3/c1-15(5-7-16-8-6-15)10-17-14(19)11-3-4-13(20-2)12(18)9-11/h3-4,9,16,18H,5-8,10H2,1-2H3,(H,17,19). The Morgan fingerprint density at radius 2 is 2.15 bits per heavy atom. The number of methoxy groups -OCH3 is 1. The number of rotatable bonds is 4. The molecular weight excluding hydrogens is 256 g/mol. The molecule has 1 aromatic rings. The fourth-order valence-electron chi connectivity index (χ4n) is 2.43. The van der Waals surface area contributed by atoms with Gasteiger partial charge < -0.3 is 20.5 Å². The zero-order valence-electron chi connectivity index (χ0n) is 12.0. The molecule has 1 aromatic carbocycles. The van der Waals surface area contributed by atoms with Crippen molar-refractivity contribution in [1.82, 2.24) is 10.6 Å². The van der Waals surface area contributed by atoms with Gasteiger partial charge in [-0.2, -0.15) is 0 Å². The van der Waals surface area contributed by atoms with Gasteiger partial charge in [0.15, 0.2) is 11.5 Å². The predicted octanol–water partition coefficient (Wildman–Crippen LogP) is 1.52. The van der Waals surface area contributed by atoms with E-state index in [4.69, 9.17) is 4.74 Å². The smallest absolute Gasteiger partial charge is 0.251 e. The summed E-state index contributed by atoms with van der Waals surface area (Å²) in [5, 5.41) is 16.0. The highest BCUT2D eigenvalue weighted by atomic mass is 16.5. The molecule has 20 heavy (non-hydrogen) atoms. The average Bonchev–Trinajstić information content (AvgIpc) is 2.45. The lowest BCUT2D eigenvalue weighted by Gasteiger charge is -2.34. The second-order valence-electron chi connectivity index (χ2n) is 5.63. The lowest BCUT2D eigenvalue weighted by molar-refractivity contribution is 0.0922. The van der Waals surface area contributed by atoms with E-state index in [0.717, 1.165) is 25.9 Å². The molecule has 1 saturated heterocycles. The second-order valence-corrected chi connectivity index (χ2v) is 5.63. The summed E-state index contributed by atoms with van der Waals surface area (Å²) in [5.41, 5.74) is 0.593. The summed E-state index contributed by atoms with van der Waals surface area (Å²) in [6.45, 7) is 4.84. The van der Waals surface area contributed by atoms with Gasteiger partial charge in [0.2, 0.25) is 0 Å². The summed E-state index contributed by atoms with van der Waals surface area (Å²) in [7, 11) is 1.48. The lowest BCUT2D eigenvalue weighted by Crippen LogP contribution is -2.42. The van der Waals surface area contributed by atoms with E-state index in [1.54, 1.807) is 12.1 Å². The Morgan fingerprint density at radius 1 is 1.45 bits per heavy atom. The first-order valence-corrected chi connectivity index (χ1v) is 6.90. The summed E-state index contributed by atoms with van der Waals surface area (Å²) in [6.07, 6.45) is 2.11. The van der Waals surface area contributed by atoms with E-state index >= 15 is 0 Å². The molecule has 5 heteroatoms. The Morgan fingerprint density at radius 3 is 2.75 bits per heavy atom. The van der Waals surface area contributed by atoms with Gasteiger partial charge >= 0.3 is 0 Å². The number of hydrogen-bond acceptors (Lipinski definition) is 4. The molecule has 110 valence electrons. The zero-order valence-corrected chi connectivity index (χ0v) is 12.0. The highest BCUT2D eigenvalue weighted by Gasteiger charge is 2.27. The van der Waals surface area contributed by atoms with Crippen molar-refractivity contribution < 1.29 is 14.6 Å². The van der Waals surface area contributed by atoms with E-state index in [2.05, 4.69) is 17.6 Å². The largest absolute Gasteiger partial charge is 0.504 e. The molecule has 1 aliphatic rings. The van der Waals surface area contributed by atoms with E-state index in [1.165, 1.54) is 13.2 Å². The maximum atomic E-state index is 12.1. The van der Waals surface area contributed by atoms with Gasteiger partial charge in [-0.05, 0) is 49.5 Å². The number of ether oxygens (including phenoxy) is 1. The van der Waals surface area contributed by atoms with Gasteiger partial charge in [0.1, 0.15) is 0 Å². The molecule has 0 bridgehead atoms. The molecule has 0 unspecified atom stereocenters. The SMILES string of the molecule is COc1ccc(C(=O)NCC2(C)CCNCC2)cc1O. The highest BCUT2D eigenvalue weighted by Crippen LogP contribution is 2.28. The van der Waals surface area contributed by atoms with E-state index in [9.17, 15) is 9.90 Å². The third-order valence-corrected chi connectivity index (χ3v) is 3.93. The maximum absolute atomic E-state index is 12.1. The van der Waals surface area contributed by atoms with Crippen molar-refractivity contribution in [3.63, 3.8) is 0 Å². The number of nitrogens with one attached hydrogen (secondary N) is 2. The first kappa shape index (κ1) is 14.7. The van der Waals surface area contributed by atoms with Crippen LogP contribution in [0.3, 0.4) is 0 Å². The van der Waals surface area contributed by atoms with Gasteiger partial charge in [-0.1, -0.05) is 6.92 Å². The molecule has 0 spiro atoms. The van der Waals surface area contributed by atoms with Crippen LogP contribution < -0.4 is 15.4 Å². The fraction of sp³-hybridized carbons (Fsp3) is 0.533. The Hall–Kier alpha value is -1.75. The molecule has 0 atom stereocenters. The third kappa shape index (κ3) is 3.42. The maximum Gasteiger partial charge on any atom is 0.251 e. The summed E-state index contributed by atoms with van der Waals surface area (Å²) in [4.78, 5) is 12.1. The molecule has 2 rings (SSSR count). The first-order chi connectivity index (χ1) is 9.54. The first-order valence-electron chi connectivity index (χ1n) is 6.90. The van der Waals surface area contributed by atoms with Crippen LogP contribution in [0.5, 0.6) is 11.5 Å². The van der Waals surface area contributed by atoms with Crippen molar-refractivity contribution in [2.45, 2.75) is 19.8 Å². The van der Waals surface area contributed by atoms with Crippen molar-refractivity contribution >= 4 is 5.91 Å². The molecule has 1 amide bonds. The minimum Gasteiger partial charge on any atom is -0.504 e. The van der Waals surface area contributed by atoms with Crippen molar-refractivity contribution in [2.75, 3.05) is 26.7 Å². The molecule has 5 nitrogen and oxygen atoms in total. The van der Waals surface area contributed by atoms with E-state index in [0.29, 0.717) is 17.9 Å². The van der Waals surface area contributed by atoms with Crippen molar-refractivity contribution in [2.24, 2.45) is 5.41 Å². The summed E-state index contributed by atoms with van der Waals surface area (Å²) in [5.74, 6) is 0.183. The number of carbonyl (C=O) groups is 1. The number of piperidine rings is 1. The third-order valence-electron chi connectivity index (χ3n) is 3.93. The van der Waals surface area contributed by atoms with Crippen LogP contribution in [0.4, 0.5) is 0 Å². The van der Waals surface area contributed by atoms with Gasteiger partial charge in [0, 0.05) is 12.1 Å². The number of benzene rings is 1. The molecule has 0 aromatic heterocycles. The van der Waals surface area contributed by atoms with E-state index < -0.39 is 0 Å². The Labute approximate surface area is 119 Å². The van der Waals surface area contributed by atoms with Gasteiger partial charge in [-0.15, -0.1) is 0 Å². The normalized spacial score (nSPS) is 17.5. The minimum absolute atomic E-state index is 0.0202. The van der Waals surface area contributed by atoms with Crippen LogP contribution in [0.1, 0.15) is 30.1 Å². The van der Waals surface area contributed by atoms with Crippen molar-refractivity contribution in [3.8, 4) is 11.5 Å². The molecule has 1 heterocycles. The van der Waals surface area contributed by atoms with Crippen LogP contribution in [0, 0.1) is 5.41 Å². The summed E-state index contributed by atoms with van der Waals surface area (Å²) < 4.78 is 4.96. The van der Waals surface area contributed by atoms with Crippen LogP contribution in [-0.2, 0) is 0 Å². The molecule has 1 fully saturated rings. The van der Waals surface area contributed by atoms with Gasteiger partial charge in [-0.3, -0.25) is 4.79 Å². The van der Waals surface area contributed by atoms with Crippen molar-refractivity contribution in [1.29, 1.82) is 0 Å². The van der Waals surface area contributed by atoms with Crippen LogP contribution in [-0.4, -0.2) is 37.8 Å². The number of hydrogen-bond donors (Lipinski definition) is 3. The topological polar surface area (TPSA) is 70.6 Å². The van der Waals surface area contributed by atoms with Crippen LogP contribution >= 0.6 is 0 Å². The molecule has 0 aliphatic carbocycles. The number of amides is 1. The lowest BCUT2D eigenvalue weighted by atomic mass is 9.81. The van der Waals surface area contributed by atoms with E-state index in [-0.39, 0.29) is 17.1 Å². The van der Waals surface area contributed by atoms with E-state index in [1.807, 2.05) is 0 Å². The summed E-state index contributed by atoms with van der Waals surface area (Å²) >= 11 is 0. The Kier molecular flexibility index (Phi) is 4.49. The number of phenols is 1. The van der Waals surface area contributed by atoms with Gasteiger partial charge in [-0.25, -0.2) is 0 Å². The molecule has 0 radical (unpaired) electrons. The van der Waals surface area contributed by atoms with Crippen LogP contribution in [0.2, 0.25) is 0 Å². The summed E-state index contributed by atoms with van der Waals surface area (Å²) in [6, 6.07) is 4.67. The Balaban J connectivity index is 1.96. The predicted molar refractivity (Wildman–Crippen MR) is 77.2 cm³/mol. The average molecular weight is 278 g/mol. The molecule has 0 saturated carbocycles. The monoisotopic (exact) mass is 278 g/mol. The number of carbonyl (C=O) groups excluding carboxylic acids is 1. The molecule has 3 N–H and O–H groups in total. The fourth-order valence-corrected chi connectivity index (χ4v) is 2.43. The minimum atomic E-state index is -0.164. The van der Waals surface area contributed by atoms with Crippen molar-refractivity contribution in [3.05, 3.63) is 23.8 Å². The quantitative estimate of drug-likeness (QED) is 0.781. The van der Waals surface area contributed by atoms with Gasteiger partial charge in [0.05, 0.1) is 7.11 Å². The van der Waals surface area contributed by atoms with Crippen LogP contribution in [0.15, 0.2) is 18.2 Å². The van der Waals surface area contributed by atoms with Gasteiger partial charge in [0.25, 0.3) is 5.91 Å². The number of phenolic OH excluding ortho intramolecular Hbond substituents is 1. The highest BCUT2D eigenvalue weighted by molar-refractivity contribution is 5.94.